The van der Waals surface area contributed by atoms with E-state index in [0.29, 0.717) is 5.92 Å². The summed E-state index contributed by atoms with van der Waals surface area (Å²) in [6, 6.07) is 10.5. The summed E-state index contributed by atoms with van der Waals surface area (Å²) in [6.07, 6.45) is 2.12. The lowest BCUT2D eigenvalue weighted by Crippen LogP contribution is -2.30. The zero-order chi connectivity index (χ0) is 11.4. The molecule has 0 bridgehead atoms. The van der Waals surface area contributed by atoms with Crippen LogP contribution in [0.5, 0.6) is 0 Å². The summed E-state index contributed by atoms with van der Waals surface area (Å²) in [6.45, 7) is 5.18. The lowest BCUT2D eigenvalue weighted by molar-refractivity contribution is 0.624. The van der Waals surface area contributed by atoms with Crippen molar-refractivity contribution in [2.75, 3.05) is 24.5 Å². The summed E-state index contributed by atoms with van der Waals surface area (Å²) >= 11 is 0. The zero-order valence-corrected chi connectivity index (χ0v) is 9.69. The summed E-state index contributed by atoms with van der Waals surface area (Å²) in [5.74, 6) is 1.33. The first kappa shape index (κ1) is 10.9. The number of para-hydroxylation sites is 1. The van der Waals surface area contributed by atoms with Crippen LogP contribution in [0, 0.1) is 5.92 Å². The van der Waals surface area contributed by atoms with Crippen LogP contribution < -0.4 is 16.0 Å². The molecule has 0 radical (unpaired) electrons. The number of hydrogen-bond donors (Lipinski definition) is 2. The fraction of sp³-hybridized carbons (Fsp3) is 0.385. The molecule has 16 heavy (non-hydrogen) atoms. The van der Waals surface area contributed by atoms with Gasteiger partial charge in [-0.3, -0.25) is 0 Å². The second-order valence-corrected chi connectivity index (χ2v) is 4.14. The van der Waals surface area contributed by atoms with Gasteiger partial charge in [-0.2, -0.15) is 0 Å². The third-order valence-corrected chi connectivity index (χ3v) is 2.94. The van der Waals surface area contributed by atoms with Crippen molar-refractivity contribution in [2.24, 2.45) is 11.7 Å². The Balaban J connectivity index is 2.01. The highest BCUT2D eigenvalue weighted by Crippen LogP contribution is 2.16. The highest BCUT2D eigenvalue weighted by atomic mass is 15.1. The molecule has 0 fully saturated rings. The van der Waals surface area contributed by atoms with Crippen molar-refractivity contribution in [2.45, 2.75) is 6.92 Å². The van der Waals surface area contributed by atoms with Gasteiger partial charge < -0.3 is 16.0 Å². The summed E-state index contributed by atoms with van der Waals surface area (Å²) in [7, 11) is 0. The van der Waals surface area contributed by atoms with Gasteiger partial charge in [0.05, 0.1) is 5.82 Å². The molecular formula is C13H19N3. The average Bonchev–Trinajstić information content (AvgIpc) is 2.73. The summed E-state index contributed by atoms with van der Waals surface area (Å²) < 4.78 is 0. The van der Waals surface area contributed by atoms with E-state index in [1.54, 1.807) is 0 Å². The molecule has 0 saturated carbocycles. The van der Waals surface area contributed by atoms with Gasteiger partial charge in [-0.15, -0.1) is 0 Å². The Morgan fingerprint density at radius 2 is 2.12 bits per heavy atom. The molecule has 0 unspecified atom stereocenters. The number of rotatable bonds is 4. The van der Waals surface area contributed by atoms with Crippen LogP contribution in [0.1, 0.15) is 6.92 Å². The van der Waals surface area contributed by atoms with Gasteiger partial charge in [-0.25, -0.2) is 0 Å². The Hall–Kier alpha value is -1.64. The predicted molar refractivity (Wildman–Crippen MR) is 68.1 cm³/mol. The Bertz CT molecular complexity index is 359. The van der Waals surface area contributed by atoms with Crippen LogP contribution in [-0.4, -0.2) is 19.6 Å². The molecule has 1 aliphatic rings. The van der Waals surface area contributed by atoms with Crippen LogP contribution in [0.25, 0.3) is 0 Å². The Morgan fingerprint density at radius 1 is 1.38 bits per heavy atom. The van der Waals surface area contributed by atoms with Gasteiger partial charge in [0.25, 0.3) is 0 Å². The van der Waals surface area contributed by atoms with E-state index in [-0.39, 0.29) is 0 Å². The van der Waals surface area contributed by atoms with E-state index < -0.39 is 0 Å². The fourth-order valence-corrected chi connectivity index (χ4v) is 2.08. The molecular weight excluding hydrogens is 198 g/mol. The molecule has 3 nitrogen and oxygen atoms in total. The highest BCUT2D eigenvalue weighted by Gasteiger charge is 2.16. The van der Waals surface area contributed by atoms with Crippen LogP contribution in [0.4, 0.5) is 5.69 Å². The molecule has 3 heteroatoms. The molecule has 86 valence electrons. The second kappa shape index (κ2) is 4.92. The van der Waals surface area contributed by atoms with Crippen molar-refractivity contribution in [1.29, 1.82) is 0 Å². The van der Waals surface area contributed by atoms with Crippen molar-refractivity contribution in [3.05, 3.63) is 42.2 Å². The van der Waals surface area contributed by atoms with Gasteiger partial charge in [0.1, 0.15) is 0 Å². The molecule has 0 aromatic heterocycles. The quantitative estimate of drug-likeness (QED) is 0.803. The largest absolute Gasteiger partial charge is 0.386 e. The third-order valence-electron chi connectivity index (χ3n) is 2.94. The van der Waals surface area contributed by atoms with Crippen molar-refractivity contribution in [3.63, 3.8) is 0 Å². The van der Waals surface area contributed by atoms with Gasteiger partial charge in [-0.1, -0.05) is 18.2 Å². The van der Waals surface area contributed by atoms with Crippen molar-refractivity contribution >= 4 is 5.69 Å². The van der Waals surface area contributed by atoms with Gasteiger partial charge in [-0.05, 0) is 25.1 Å². The SMILES string of the molecule is CCN(C[C@@H]1C=C(N)NC1)c1ccccc1. The normalized spacial score (nSPS) is 19.1. The second-order valence-electron chi connectivity index (χ2n) is 4.14. The summed E-state index contributed by atoms with van der Waals surface area (Å²) in [5, 5.41) is 3.16. The monoisotopic (exact) mass is 217 g/mol. The van der Waals surface area contributed by atoms with E-state index in [1.165, 1.54) is 5.69 Å². The maximum absolute atomic E-state index is 5.71. The predicted octanol–water partition coefficient (Wildman–Crippen LogP) is 1.53. The summed E-state index contributed by atoms with van der Waals surface area (Å²) in [5.41, 5.74) is 6.99. The summed E-state index contributed by atoms with van der Waals surface area (Å²) in [4.78, 5) is 2.38. The van der Waals surface area contributed by atoms with Crippen molar-refractivity contribution in [3.8, 4) is 0 Å². The first-order chi connectivity index (χ1) is 7.79. The molecule has 2 rings (SSSR count). The van der Waals surface area contributed by atoms with Crippen LogP contribution in [0.2, 0.25) is 0 Å². The molecule has 1 aliphatic heterocycles. The van der Waals surface area contributed by atoms with E-state index in [4.69, 9.17) is 5.73 Å². The highest BCUT2D eigenvalue weighted by molar-refractivity contribution is 5.46. The number of anilines is 1. The topological polar surface area (TPSA) is 41.3 Å². The molecule has 0 saturated heterocycles. The van der Waals surface area contributed by atoms with E-state index in [9.17, 15) is 0 Å². The van der Waals surface area contributed by atoms with Gasteiger partial charge in [0.2, 0.25) is 0 Å². The third kappa shape index (κ3) is 2.48. The minimum absolute atomic E-state index is 0.514. The van der Waals surface area contributed by atoms with Gasteiger partial charge in [0, 0.05) is 31.2 Å². The zero-order valence-electron chi connectivity index (χ0n) is 9.69. The van der Waals surface area contributed by atoms with E-state index in [2.05, 4.69) is 47.5 Å². The first-order valence-electron chi connectivity index (χ1n) is 5.80. The standard InChI is InChI=1S/C13H19N3/c1-2-16(12-6-4-3-5-7-12)10-11-8-13(14)15-9-11/h3-8,11,15H,2,9-10,14H2,1H3/t11-/m1/s1. The number of nitrogens with zero attached hydrogens (tertiary/aromatic N) is 1. The number of nitrogens with two attached hydrogens (primary N) is 1. The van der Waals surface area contributed by atoms with Crippen molar-refractivity contribution < 1.29 is 0 Å². The fourth-order valence-electron chi connectivity index (χ4n) is 2.08. The molecule has 0 amide bonds. The molecule has 1 aromatic carbocycles. The average molecular weight is 217 g/mol. The Labute approximate surface area is 96.9 Å². The number of hydrogen-bond acceptors (Lipinski definition) is 3. The van der Waals surface area contributed by atoms with Gasteiger partial charge >= 0.3 is 0 Å². The Morgan fingerprint density at radius 3 is 2.69 bits per heavy atom. The molecule has 0 aliphatic carbocycles. The lowest BCUT2D eigenvalue weighted by atomic mass is 10.1. The van der Waals surface area contributed by atoms with Gasteiger partial charge in [0.15, 0.2) is 0 Å². The maximum atomic E-state index is 5.71. The van der Waals surface area contributed by atoms with Crippen molar-refractivity contribution in [1.82, 2.24) is 5.32 Å². The van der Waals surface area contributed by atoms with Crippen LogP contribution in [-0.2, 0) is 0 Å². The van der Waals surface area contributed by atoms with E-state index in [0.717, 1.165) is 25.5 Å². The smallest absolute Gasteiger partial charge is 0.0923 e. The van der Waals surface area contributed by atoms with Crippen LogP contribution in [0.3, 0.4) is 0 Å². The molecule has 1 heterocycles. The molecule has 3 N–H and O–H groups in total. The minimum Gasteiger partial charge on any atom is -0.386 e. The molecule has 0 spiro atoms. The molecule has 1 atom stereocenters. The Kier molecular flexibility index (Phi) is 3.34. The minimum atomic E-state index is 0.514. The van der Waals surface area contributed by atoms with Crippen LogP contribution in [0.15, 0.2) is 42.2 Å². The molecule has 1 aromatic rings. The number of benzene rings is 1. The maximum Gasteiger partial charge on any atom is 0.0923 e. The first-order valence-corrected chi connectivity index (χ1v) is 5.80. The lowest BCUT2D eigenvalue weighted by Gasteiger charge is -2.25. The van der Waals surface area contributed by atoms with Crippen LogP contribution >= 0.6 is 0 Å². The van der Waals surface area contributed by atoms with E-state index >= 15 is 0 Å². The van der Waals surface area contributed by atoms with E-state index in [1.807, 2.05) is 6.07 Å². The number of nitrogens with one attached hydrogen (secondary N) is 1.